The van der Waals surface area contributed by atoms with Crippen LogP contribution in [-0.4, -0.2) is 4.98 Å². The first-order valence-corrected chi connectivity index (χ1v) is 7.47. The van der Waals surface area contributed by atoms with Crippen molar-refractivity contribution in [2.45, 2.75) is 26.3 Å². The molecule has 0 unspecified atom stereocenters. The molecule has 20 heavy (non-hydrogen) atoms. The number of rotatable bonds is 4. The second kappa shape index (κ2) is 5.17. The molecule has 0 radical (unpaired) electrons. The lowest BCUT2D eigenvalue weighted by Gasteiger charge is -2.05. The molecule has 0 bridgehead atoms. The van der Waals surface area contributed by atoms with Crippen LogP contribution in [0.3, 0.4) is 0 Å². The zero-order valence-corrected chi connectivity index (χ0v) is 12.3. The third-order valence-electron chi connectivity index (χ3n) is 3.13. The highest BCUT2D eigenvalue weighted by molar-refractivity contribution is 7.10. The fourth-order valence-corrected chi connectivity index (χ4v) is 2.72. The Kier molecular flexibility index (Phi) is 3.36. The number of aromatic nitrogens is 1. The fraction of sp³-hybridized carbons (Fsp3) is 0.267. The molecule has 104 valence electrons. The maximum atomic E-state index is 5.87. The number of hydrogen-bond donors (Lipinski definition) is 2. The van der Waals surface area contributed by atoms with Crippen LogP contribution in [0.2, 0.25) is 0 Å². The zero-order chi connectivity index (χ0) is 14.1. The fourth-order valence-electron chi connectivity index (χ4n) is 1.98. The Morgan fingerprint density at radius 3 is 2.90 bits per heavy atom. The van der Waals surface area contributed by atoms with Crippen LogP contribution in [0.15, 0.2) is 34.1 Å². The number of benzene rings is 1. The number of fused-ring (bicyclic) bond motifs is 1. The Labute approximate surface area is 121 Å². The van der Waals surface area contributed by atoms with Crippen molar-refractivity contribution in [2.75, 3.05) is 11.1 Å². The topological polar surface area (TPSA) is 64.1 Å². The van der Waals surface area contributed by atoms with E-state index in [9.17, 15) is 0 Å². The van der Waals surface area contributed by atoms with Gasteiger partial charge in [0.05, 0.1) is 6.54 Å². The summed E-state index contributed by atoms with van der Waals surface area (Å²) in [6, 6.07) is 7.89. The molecule has 0 saturated carbocycles. The lowest BCUT2D eigenvalue weighted by atomic mass is 10.2. The van der Waals surface area contributed by atoms with Crippen LogP contribution in [0.25, 0.3) is 11.1 Å². The van der Waals surface area contributed by atoms with Gasteiger partial charge in [-0.05, 0) is 29.6 Å². The van der Waals surface area contributed by atoms with Crippen LogP contribution >= 0.6 is 11.3 Å². The largest absolute Gasteiger partial charge is 0.440 e. The summed E-state index contributed by atoms with van der Waals surface area (Å²) in [6.07, 6.45) is 0. The highest BCUT2D eigenvalue weighted by atomic mass is 32.1. The number of hydrogen-bond acceptors (Lipinski definition) is 5. The molecular formula is C15H17N3OS. The molecule has 1 aromatic carbocycles. The Balaban J connectivity index is 1.80. The third kappa shape index (κ3) is 2.49. The molecule has 0 atom stereocenters. The van der Waals surface area contributed by atoms with Crippen LogP contribution in [0.4, 0.5) is 11.4 Å². The van der Waals surface area contributed by atoms with Crippen molar-refractivity contribution in [3.8, 4) is 0 Å². The number of oxazole rings is 1. The molecule has 0 aliphatic heterocycles. The minimum absolute atomic E-state index is 0.296. The van der Waals surface area contributed by atoms with Gasteiger partial charge in [-0.15, -0.1) is 11.3 Å². The zero-order valence-electron chi connectivity index (χ0n) is 11.5. The molecule has 3 rings (SSSR count). The average molecular weight is 287 g/mol. The van der Waals surface area contributed by atoms with Gasteiger partial charge in [0.15, 0.2) is 11.5 Å². The minimum Gasteiger partial charge on any atom is -0.440 e. The molecule has 3 aromatic rings. The second-order valence-corrected chi connectivity index (χ2v) is 6.04. The summed E-state index contributed by atoms with van der Waals surface area (Å²) < 4.78 is 5.70. The highest BCUT2D eigenvalue weighted by Gasteiger charge is 2.09. The first-order chi connectivity index (χ1) is 9.63. The molecule has 4 nitrogen and oxygen atoms in total. The van der Waals surface area contributed by atoms with Gasteiger partial charge in [0, 0.05) is 22.2 Å². The van der Waals surface area contributed by atoms with Crippen LogP contribution in [0.1, 0.15) is 30.5 Å². The van der Waals surface area contributed by atoms with E-state index in [1.807, 2.05) is 29.6 Å². The van der Waals surface area contributed by atoms with E-state index in [0.717, 1.165) is 39.8 Å². The molecule has 0 aliphatic rings. The molecule has 0 spiro atoms. The van der Waals surface area contributed by atoms with E-state index in [-0.39, 0.29) is 0 Å². The molecule has 0 saturated heterocycles. The van der Waals surface area contributed by atoms with Crippen LogP contribution in [0.5, 0.6) is 0 Å². The van der Waals surface area contributed by atoms with Gasteiger partial charge in [0.2, 0.25) is 0 Å². The summed E-state index contributed by atoms with van der Waals surface area (Å²) in [6.45, 7) is 4.87. The quantitative estimate of drug-likeness (QED) is 0.754. The van der Waals surface area contributed by atoms with Crippen LogP contribution in [-0.2, 0) is 6.54 Å². The molecule has 5 heteroatoms. The summed E-state index contributed by atoms with van der Waals surface area (Å²) in [4.78, 5) is 5.65. The van der Waals surface area contributed by atoms with Gasteiger partial charge in [-0.3, -0.25) is 0 Å². The number of anilines is 2. The minimum atomic E-state index is 0.296. The molecule has 2 heterocycles. The predicted octanol–water partition coefficient (Wildman–Crippen LogP) is 4.21. The van der Waals surface area contributed by atoms with Crippen molar-refractivity contribution >= 4 is 33.8 Å². The number of thiophene rings is 1. The lowest BCUT2D eigenvalue weighted by Crippen LogP contribution is -1.99. The summed E-state index contributed by atoms with van der Waals surface area (Å²) >= 11 is 1.66. The molecule has 3 N–H and O–H groups in total. The lowest BCUT2D eigenvalue weighted by molar-refractivity contribution is 0.501. The van der Waals surface area contributed by atoms with Crippen molar-refractivity contribution in [2.24, 2.45) is 0 Å². The van der Waals surface area contributed by atoms with E-state index in [1.165, 1.54) is 0 Å². The van der Waals surface area contributed by atoms with Crippen LogP contribution in [0, 0.1) is 0 Å². The van der Waals surface area contributed by atoms with Gasteiger partial charge in [-0.25, -0.2) is 4.98 Å². The van der Waals surface area contributed by atoms with Gasteiger partial charge in [0.25, 0.3) is 0 Å². The SMILES string of the molecule is CC(C)c1nc2cc(NCc3sccc3N)ccc2o1. The Morgan fingerprint density at radius 2 is 2.20 bits per heavy atom. The van der Waals surface area contributed by atoms with Crippen molar-refractivity contribution in [3.63, 3.8) is 0 Å². The molecule has 0 fully saturated rings. The number of nitrogen functional groups attached to an aromatic ring is 1. The third-order valence-corrected chi connectivity index (χ3v) is 4.07. The Hall–Kier alpha value is -2.01. The van der Waals surface area contributed by atoms with E-state index >= 15 is 0 Å². The van der Waals surface area contributed by atoms with Crippen molar-refractivity contribution in [3.05, 3.63) is 40.4 Å². The van der Waals surface area contributed by atoms with E-state index in [0.29, 0.717) is 5.92 Å². The summed E-state index contributed by atoms with van der Waals surface area (Å²) in [5, 5.41) is 5.37. The van der Waals surface area contributed by atoms with Gasteiger partial charge in [-0.2, -0.15) is 0 Å². The maximum Gasteiger partial charge on any atom is 0.198 e. The molecule has 0 amide bonds. The van der Waals surface area contributed by atoms with Gasteiger partial charge >= 0.3 is 0 Å². The number of nitrogens with two attached hydrogens (primary N) is 1. The monoisotopic (exact) mass is 287 g/mol. The predicted molar refractivity (Wildman–Crippen MR) is 84.2 cm³/mol. The van der Waals surface area contributed by atoms with E-state index in [4.69, 9.17) is 10.2 Å². The van der Waals surface area contributed by atoms with Crippen molar-refractivity contribution in [1.29, 1.82) is 0 Å². The van der Waals surface area contributed by atoms with Crippen molar-refractivity contribution in [1.82, 2.24) is 4.98 Å². The molecule has 0 aliphatic carbocycles. The summed E-state index contributed by atoms with van der Waals surface area (Å²) in [7, 11) is 0. The second-order valence-electron chi connectivity index (χ2n) is 5.04. The van der Waals surface area contributed by atoms with Gasteiger partial charge in [0.1, 0.15) is 5.52 Å². The molecule has 2 aromatic heterocycles. The van der Waals surface area contributed by atoms with Gasteiger partial charge < -0.3 is 15.5 Å². The highest BCUT2D eigenvalue weighted by Crippen LogP contribution is 2.25. The summed E-state index contributed by atoms with van der Waals surface area (Å²) in [5.41, 5.74) is 9.45. The van der Waals surface area contributed by atoms with Gasteiger partial charge in [-0.1, -0.05) is 13.8 Å². The first-order valence-electron chi connectivity index (χ1n) is 6.59. The standard InChI is InChI=1S/C15H17N3OS/c1-9(2)15-18-12-7-10(3-4-13(12)19-15)17-8-14-11(16)5-6-20-14/h3-7,9,17H,8,16H2,1-2H3. The van der Waals surface area contributed by atoms with E-state index in [1.54, 1.807) is 11.3 Å². The smallest absolute Gasteiger partial charge is 0.198 e. The van der Waals surface area contributed by atoms with Crippen LogP contribution < -0.4 is 11.1 Å². The van der Waals surface area contributed by atoms with Crippen molar-refractivity contribution < 1.29 is 4.42 Å². The average Bonchev–Trinajstić information content (AvgIpc) is 3.01. The Bertz CT molecular complexity index is 730. The first kappa shape index (κ1) is 13.0. The Morgan fingerprint density at radius 1 is 1.35 bits per heavy atom. The number of nitrogens with one attached hydrogen (secondary N) is 1. The summed E-state index contributed by atoms with van der Waals surface area (Å²) in [5.74, 6) is 1.07. The molecular weight excluding hydrogens is 270 g/mol. The van der Waals surface area contributed by atoms with E-state index in [2.05, 4.69) is 24.1 Å². The normalized spacial score (nSPS) is 11.3. The van der Waals surface area contributed by atoms with E-state index < -0.39 is 0 Å². The maximum absolute atomic E-state index is 5.87. The number of nitrogens with zero attached hydrogens (tertiary/aromatic N) is 1.